The SMILES string of the molecule is CCCCSc1ccc2cccc(CCCNC(=O)C3CCCCC3)c2c1. The molecule has 0 unspecified atom stereocenters. The molecule has 1 amide bonds. The molecule has 0 saturated heterocycles. The molecule has 1 fully saturated rings. The predicted molar refractivity (Wildman–Crippen MR) is 117 cm³/mol. The first kappa shape index (κ1) is 20.3. The molecule has 0 aromatic heterocycles. The largest absolute Gasteiger partial charge is 0.356 e. The number of fused-ring (bicyclic) bond motifs is 1. The van der Waals surface area contributed by atoms with Gasteiger partial charge in [0.05, 0.1) is 0 Å². The summed E-state index contributed by atoms with van der Waals surface area (Å²) < 4.78 is 0. The highest BCUT2D eigenvalue weighted by Crippen LogP contribution is 2.27. The van der Waals surface area contributed by atoms with Crippen LogP contribution >= 0.6 is 11.8 Å². The molecule has 3 heteroatoms. The number of aryl methyl sites for hydroxylation is 1. The summed E-state index contributed by atoms with van der Waals surface area (Å²) in [7, 11) is 0. The molecule has 1 aliphatic rings. The second-order valence-electron chi connectivity index (χ2n) is 7.73. The van der Waals surface area contributed by atoms with Crippen LogP contribution in [0.1, 0.15) is 63.9 Å². The average molecular weight is 384 g/mol. The molecule has 3 rings (SSSR count). The minimum absolute atomic E-state index is 0.263. The summed E-state index contributed by atoms with van der Waals surface area (Å²) >= 11 is 1.96. The molecule has 146 valence electrons. The van der Waals surface area contributed by atoms with Crippen LogP contribution in [-0.2, 0) is 11.2 Å². The molecule has 0 aliphatic heterocycles. The van der Waals surface area contributed by atoms with Crippen molar-refractivity contribution in [2.75, 3.05) is 12.3 Å². The lowest BCUT2D eigenvalue weighted by Crippen LogP contribution is -2.32. The van der Waals surface area contributed by atoms with E-state index >= 15 is 0 Å². The van der Waals surface area contributed by atoms with E-state index in [1.54, 1.807) is 0 Å². The normalized spacial score (nSPS) is 15.1. The van der Waals surface area contributed by atoms with Crippen molar-refractivity contribution in [2.24, 2.45) is 5.92 Å². The number of amides is 1. The summed E-state index contributed by atoms with van der Waals surface area (Å²) in [6.07, 6.45) is 10.4. The third-order valence-electron chi connectivity index (χ3n) is 5.61. The molecular weight excluding hydrogens is 350 g/mol. The Kier molecular flexibility index (Phi) is 8.07. The summed E-state index contributed by atoms with van der Waals surface area (Å²) in [6.45, 7) is 3.03. The Balaban J connectivity index is 1.54. The Morgan fingerprint density at radius 1 is 1.11 bits per heavy atom. The van der Waals surface area contributed by atoms with Crippen molar-refractivity contribution in [3.05, 3.63) is 42.0 Å². The van der Waals surface area contributed by atoms with Gasteiger partial charge >= 0.3 is 0 Å². The minimum Gasteiger partial charge on any atom is -0.356 e. The molecule has 1 aliphatic carbocycles. The molecule has 1 N–H and O–H groups in total. The number of carbonyl (C=O) groups excluding carboxylic acids is 1. The predicted octanol–water partition coefficient (Wildman–Crippen LogP) is 6.36. The zero-order chi connectivity index (χ0) is 18.9. The number of hydrogen-bond donors (Lipinski definition) is 1. The van der Waals surface area contributed by atoms with E-state index in [2.05, 4.69) is 48.6 Å². The van der Waals surface area contributed by atoms with Crippen LogP contribution in [0.25, 0.3) is 10.8 Å². The van der Waals surface area contributed by atoms with Crippen LogP contribution in [-0.4, -0.2) is 18.2 Å². The van der Waals surface area contributed by atoms with E-state index in [-0.39, 0.29) is 11.8 Å². The van der Waals surface area contributed by atoms with E-state index in [0.717, 1.165) is 32.2 Å². The molecule has 2 aromatic carbocycles. The highest BCUT2D eigenvalue weighted by atomic mass is 32.2. The van der Waals surface area contributed by atoms with Crippen molar-refractivity contribution in [1.29, 1.82) is 0 Å². The van der Waals surface area contributed by atoms with Crippen molar-refractivity contribution in [1.82, 2.24) is 5.32 Å². The maximum atomic E-state index is 12.3. The highest BCUT2D eigenvalue weighted by molar-refractivity contribution is 7.99. The molecule has 0 atom stereocenters. The van der Waals surface area contributed by atoms with Crippen molar-refractivity contribution >= 4 is 28.4 Å². The van der Waals surface area contributed by atoms with Gasteiger partial charge in [-0.2, -0.15) is 0 Å². The van der Waals surface area contributed by atoms with Crippen LogP contribution in [0.5, 0.6) is 0 Å². The van der Waals surface area contributed by atoms with Crippen LogP contribution in [0.15, 0.2) is 41.3 Å². The fourth-order valence-corrected chi connectivity index (χ4v) is 4.99. The summed E-state index contributed by atoms with van der Waals surface area (Å²) in [6, 6.07) is 13.4. The van der Waals surface area contributed by atoms with Crippen molar-refractivity contribution in [3.63, 3.8) is 0 Å². The summed E-state index contributed by atoms with van der Waals surface area (Å²) in [5, 5.41) is 5.86. The van der Waals surface area contributed by atoms with Crippen LogP contribution in [0, 0.1) is 5.92 Å². The number of unbranched alkanes of at least 4 members (excludes halogenated alkanes) is 1. The second-order valence-corrected chi connectivity index (χ2v) is 8.90. The molecule has 0 radical (unpaired) electrons. The Hall–Kier alpha value is -1.48. The number of nitrogens with one attached hydrogen (secondary N) is 1. The molecular formula is C24H33NOS. The molecule has 2 aromatic rings. The standard InChI is InChI=1S/C24H33NOS/c1-2-3-17-27-22-15-14-20-12-7-11-19(23(20)18-22)13-8-16-25-24(26)21-9-5-4-6-10-21/h7,11-12,14-15,18,21H,2-6,8-10,13,16-17H2,1H3,(H,25,26). The van der Waals surface area contributed by atoms with Gasteiger partial charge in [0.2, 0.25) is 5.91 Å². The lowest BCUT2D eigenvalue weighted by Gasteiger charge is -2.20. The van der Waals surface area contributed by atoms with Gasteiger partial charge in [0, 0.05) is 17.4 Å². The topological polar surface area (TPSA) is 29.1 Å². The minimum atomic E-state index is 0.263. The third-order valence-corrected chi connectivity index (χ3v) is 6.69. The fraction of sp³-hybridized carbons (Fsp3) is 0.542. The van der Waals surface area contributed by atoms with E-state index < -0.39 is 0 Å². The van der Waals surface area contributed by atoms with E-state index in [1.807, 2.05) is 11.8 Å². The van der Waals surface area contributed by atoms with Crippen molar-refractivity contribution in [3.8, 4) is 0 Å². The lowest BCUT2D eigenvalue weighted by atomic mass is 9.88. The number of rotatable bonds is 9. The Morgan fingerprint density at radius 2 is 1.96 bits per heavy atom. The third kappa shape index (κ3) is 6.00. The van der Waals surface area contributed by atoms with Gasteiger partial charge in [-0.15, -0.1) is 11.8 Å². The molecule has 27 heavy (non-hydrogen) atoms. The van der Waals surface area contributed by atoms with Crippen LogP contribution in [0.4, 0.5) is 0 Å². The van der Waals surface area contributed by atoms with E-state index in [9.17, 15) is 4.79 Å². The van der Waals surface area contributed by atoms with Gasteiger partial charge in [0.15, 0.2) is 0 Å². The van der Waals surface area contributed by atoms with Gasteiger partial charge < -0.3 is 5.32 Å². The molecule has 0 bridgehead atoms. The van der Waals surface area contributed by atoms with E-state index in [4.69, 9.17) is 0 Å². The highest BCUT2D eigenvalue weighted by Gasteiger charge is 2.20. The van der Waals surface area contributed by atoms with E-state index in [1.165, 1.54) is 59.1 Å². The Morgan fingerprint density at radius 3 is 2.78 bits per heavy atom. The monoisotopic (exact) mass is 383 g/mol. The average Bonchev–Trinajstić information content (AvgIpc) is 2.72. The summed E-state index contributed by atoms with van der Waals surface area (Å²) in [5.74, 6) is 1.73. The first-order valence-electron chi connectivity index (χ1n) is 10.7. The number of carbonyl (C=O) groups is 1. The van der Waals surface area contributed by atoms with Gasteiger partial charge in [-0.25, -0.2) is 0 Å². The fourth-order valence-electron chi connectivity index (χ4n) is 3.96. The zero-order valence-corrected chi connectivity index (χ0v) is 17.5. The summed E-state index contributed by atoms with van der Waals surface area (Å²) in [4.78, 5) is 13.6. The first-order valence-corrected chi connectivity index (χ1v) is 11.7. The molecule has 1 saturated carbocycles. The zero-order valence-electron chi connectivity index (χ0n) is 16.6. The number of hydrogen-bond acceptors (Lipinski definition) is 2. The van der Waals surface area contributed by atoms with Gasteiger partial charge in [0.25, 0.3) is 0 Å². The smallest absolute Gasteiger partial charge is 0.223 e. The van der Waals surface area contributed by atoms with Gasteiger partial charge in [-0.1, -0.05) is 56.9 Å². The second kappa shape index (κ2) is 10.8. The summed E-state index contributed by atoms with van der Waals surface area (Å²) in [5.41, 5.74) is 1.40. The van der Waals surface area contributed by atoms with Gasteiger partial charge in [-0.05, 0) is 66.3 Å². The quantitative estimate of drug-likeness (QED) is 0.403. The Labute approximate surface area is 168 Å². The van der Waals surface area contributed by atoms with Crippen LogP contribution in [0.2, 0.25) is 0 Å². The molecule has 0 spiro atoms. The maximum Gasteiger partial charge on any atom is 0.223 e. The number of thioether (sulfide) groups is 1. The molecule has 0 heterocycles. The van der Waals surface area contributed by atoms with Gasteiger partial charge in [-0.3, -0.25) is 4.79 Å². The number of benzene rings is 2. The lowest BCUT2D eigenvalue weighted by molar-refractivity contribution is -0.125. The van der Waals surface area contributed by atoms with Crippen molar-refractivity contribution in [2.45, 2.75) is 69.6 Å². The van der Waals surface area contributed by atoms with Gasteiger partial charge in [0.1, 0.15) is 0 Å². The Bertz CT molecular complexity index is 736. The maximum absolute atomic E-state index is 12.3. The van der Waals surface area contributed by atoms with Crippen molar-refractivity contribution < 1.29 is 4.79 Å². The van der Waals surface area contributed by atoms with Crippen LogP contribution in [0.3, 0.4) is 0 Å². The van der Waals surface area contributed by atoms with Crippen LogP contribution < -0.4 is 5.32 Å². The van der Waals surface area contributed by atoms with E-state index in [0.29, 0.717) is 0 Å². The first-order chi connectivity index (χ1) is 13.3. The molecule has 2 nitrogen and oxygen atoms in total.